The summed E-state index contributed by atoms with van der Waals surface area (Å²) in [7, 11) is 0. The quantitative estimate of drug-likeness (QED) is 0.510. The van der Waals surface area contributed by atoms with Gasteiger partial charge in [-0.15, -0.1) is 0 Å². The summed E-state index contributed by atoms with van der Waals surface area (Å²) in [4.78, 5) is 21.8. The average molecular weight is 216 g/mol. The number of carbonyl (C=O) groups is 2. The summed E-state index contributed by atoms with van der Waals surface area (Å²) < 4.78 is 0. The first-order valence-electron chi connectivity index (χ1n) is 4.77. The van der Waals surface area contributed by atoms with Gasteiger partial charge in [0.05, 0.1) is 6.61 Å². The van der Waals surface area contributed by atoms with Gasteiger partial charge >= 0.3 is 12.0 Å². The SMILES string of the molecule is CC1(C)CC1NC(=O)NC(CO)C(=O)O. The molecule has 1 saturated carbocycles. The Labute approximate surface area is 87.7 Å². The van der Waals surface area contributed by atoms with Crippen molar-refractivity contribution in [2.75, 3.05) is 6.61 Å². The van der Waals surface area contributed by atoms with Gasteiger partial charge in [-0.25, -0.2) is 9.59 Å². The summed E-state index contributed by atoms with van der Waals surface area (Å²) in [6.07, 6.45) is 0.886. The summed E-state index contributed by atoms with van der Waals surface area (Å²) in [5.74, 6) is -1.25. The lowest BCUT2D eigenvalue weighted by molar-refractivity contribution is -0.140. The van der Waals surface area contributed by atoms with E-state index in [-0.39, 0.29) is 11.5 Å². The lowest BCUT2D eigenvalue weighted by Gasteiger charge is -2.13. The van der Waals surface area contributed by atoms with Crippen LogP contribution in [0.15, 0.2) is 0 Å². The van der Waals surface area contributed by atoms with Crippen LogP contribution in [0.25, 0.3) is 0 Å². The first-order chi connectivity index (χ1) is 6.86. The topological polar surface area (TPSA) is 98.7 Å². The van der Waals surface area contributed by atoms with Crippen molar-refractivity contribution in [1.29, 1.82) is 0 Å². The van der Waals surface area contributed by atoms with Gasteiger partial charge in [0, 0.05) is 6.04 Å². The zero-order chi connectivity index (χ0) is 11.6. The molecule has 4 N–H and O–H groups in total. The van der Waals surface area contributed by atoms with Crippen LogP contribution in [-0.2, 0) is 4.79 Å². The Morgan fingerprint density at radius 1 is 1.53 bits per heavy atom. The van der Waals surface area contributed by atoms with Crippen LogP contribution in [0.5, 0.6) is 0 Å². The second-order valence-corrected chi connectivity index (χ2v) is 4.44. The van der Waals surface area contributed by atoms with Crippen molar-refractivity contribution in [2.24, 2.45) is 5.41 Å². The number of hydrogen-bond acceptors (Lipinski definition) is 3. The summed E-state index contributed by atoms with van der Waals surface area (Å²) in [6.45, 7) is 3.41. The largest absolute Gasteiger partial charge is 0.480 e. The molecule has 86 valence electrons. The predicted molar refractivity (Wildman–Crippen MR) is 52.4 cm³/mol. The van der Waals surface area contributed by atoms with Crippen LogP contribution in [0.4, 0.5) is 4.79 Å². The summed E-state index contributed by atoms with van der Waals surface area (Å²) in [5.41, 5.74) is 0.0925. The van der Waals surface area contributed by atoms with Crippen molar-refractivity contribution in [1.82, 2.24) is 10.6 Å². The molecule has 15 heavy (non-hydrogen) atoms. The second kappa shape index (κ2) is 4.06. The number of aliphatic carboxylic acids is 1. The molecule has 1 rings (SSSR count). The van der Waals surface area contributed by atoms with Crippen LogP contribution < -0.4 is 10.6 Å². The van der Waals surface area contributed by atoms with Crippen molar-refractivity contribution in [3.8, 4) is 0 Å². The molecule has 0 aromatic heterocycles. The van der Waals surface area contributed by atoms with Crippen LogP contribution in [0, 0.1) is 5.41 Å². The lowest BCUT2D eigenvalue weighted by Crippen LogP contribution is -2.48. The van der Waals surface area contributed by atoms with Crippen LogP contribution in [0.1, 0.15) is 20.3 Å². The molecule has 0 spiro atoms. The Hall–Kier alpha value is -1.30. The molecule has 0 bridgehead atoms. The molecule has 2 atom stereocenters. The van der Waals surface area contributed by atoms with E-state index in [4.69, 9.17) is 10.2 Å². The van der Waals surface area contributed by atoms with Crippen LogP contribution in [0.3, 0.4) is 0 Å². The monoisotopic (exact) mass is 216 g/mol. The number of nitrogens with one attached hydrogen (secondary N) is 2. The minimum atomic E-state index is -1.25. The van der Waals surface area contributed by atoms with Crippen molar-refractivity contribution < 1.29 is 19.8 Å². The van der Waals surface area contributed by atoms with Crippen molar-refractivity contribution >= 4 is 12.0 Å². The Morgan fingerprint density at radius 2 is 2.07 bits per heavy atom. The molecule has 0 aromatic rings. The van der Waals surface area contributed by atoms with E-state index in [1.165, 1.54) is 0 Å². The Balaban J connectivity index is 2.33. The number of aliphatic hydroxyl groups is 1. The number of hydrogen-bond donors (Lipinski definition) is 4. The zero-order valence-corrected chi connectivity index (χ0v) is 8.78. The molecule has 1 aliphatic rings. The molecule has 2 unspecified atom stereocenters. The van der Waals surface area contributed by atoms with Crippen molar-refractivity contribution in [2.45, 2.75) is 32.4 Å². The summed E-state index contributed by atoms with van der Waals surface area (Å²) in [5, 5.41) is 22.1. The number of carbonyl (C=O) groups excluding carboxylic acids is 1. The fraction of sp³-hybridized carbons (Fsp3) is 0.778. The maximum atomic E-state index is 11.3. The number of rotatable bonds is 4. The second-order valence-electron chi connectivity index (χ2n) is 4.44. The molecule has 6 heteroatoms. The molecule has 0 saturated heterocycles. The lowest BCUT2D eigenvalue weighted by atomic mass is 10.2. The molecular formula is C9H16N2O4. The van der Waals surface area contributed by atoms with Gasteiger partial charge in [-0.05, 0) is 11.8 Å². The van der Waals surface area contributed by atoms with Crippen LogP contribution in [-0.4, -0.2) is 40.9 Å². The van der Waals surface area contributed by atoms with E-state index in [0.717, 1.165) is 6.42 Å². The van der Waals surface area contributed by atoms with E-state index < -0.39 is 24.6 Å². The first-order valence-corrected chi connectivity index (χ1v) is 4.77. The van der Waals surface area contributed by atoms with Gasteiger partial charge in [-0.2, -0.15) is 0 Å². The van der Waals surface area contributed by atoms with E-state index in [2.05, 4.69) is 10.6 Å². The normalized spacial score (nSPS) is 24.1. The number of carboxylic acids is 1. The van der Waals surface area contributed by atoms with E-state index >= 15 is 0 Å². The smallest absolute Gasteiger partial charge is 0.328 e. The Bertz CT molecular complexity index is 277. The maximum Gasteiger partial charge on any atom is 0.328 e. The van der Waals surface area contributed by atoms with Gasteiger partial charge in [-0.1, -0.05) is 13.8 Å². The van der Waals surface area contributed by atoms with Crippen LogP contribution >= 0.6 is 0 Å². The minimum Gasteiger partial charge on any atom is -0.480 e. The highest BCUT2D eigenvalue weighted by molar-refractivity contribution is 5.82. The molecule has 6 nitrogen and oxygen atoms in total. The number of amides is 2. The fourth-order valence-electron chi connectivity index (χ4n) is 1.26. The molecule has 0 aromatic carbocycles. The standard InChI is InChI=1S/C9H16N2O4/c1-9(2)3-6(9)11-8(15)10-5(4-12)7(13)14/h5-6,12H,3-4H2,1-2H3,(H,13,14)(H2,10,11,15). The Morgan fingerprint density at radius 3 is 2.40 bits per heavy atom. The number of carboxylic acid groups (broad SMARTS) is 1. The molecule has 2 amide bonds. The highest BCUT2D eigenvalue weighted by Gasteiger charge is 2.46. The van der Waals surface area contributed by atoms with Gasteiger partial charge in [0.1, 0.15) is 0 Å². The highest BCUT2D eigenvalue weighted by atomic mass is 16.4. The van der Waals surface area contributed by atoms with Crippen molar-refractivity contribution in [3.05, 3.63) is 0 Å². The fourth-order valence-corrected chi connectivity index (χ4v) is 1.26. The molecule has 1 aliphatic carbocycles. The molecular weight excluding hydrogens is 200 g/mol. The predicted octanol–water partition coefficient (Wildman–Crippen LogP) is -0.470. The van der Waals surface area contributed by atoms with Gasteiger partial charge in [0.2, 0.25) is 0 Å². The third-order valence-corrected chi connectivity index (χ3v) is 2.60. The van der Waals surface area contributed by atoms with E-state index in [9.17, 15) is 9.59 Å². The molecule has 0 heterocycles. The highest BCUT2D eigenvalue weighted by Crippen LogP contribution is 2.44. The van der Waals surface area contributed by atoms with Gasteiger partial charge in [0.25, 0.3) is 0 Å². The third-order valence-electron chi connectivity index (χ3n) is 2.60. The number of aliphatic hydroxyl groups excluding tert-OH is 1. The Kier molecular flexibility index (Phi) is 3.18. The van der Waals surface area contributed by atoms with Crippen molar-refractivity contribution in [3.63, 3.8) is 0 Å². The van der Waals surface area contributed by atoms with E-state index in [1.807, 2.05) is 13.8 Å². The van der Waals surface area contributed by atoms with E-state index in [1.54, 1.807) is 0 Å². The maximum absolute atomic E-state index is 11.3. The number of urea groups is 1. The summed E-state index contributed by atoms with van der Waals surface area (Å²) in [6, 6.07) is -1.70. The molecule has 0 aliphatic heterocycles. The molecule has 1 fully saturated rings. The average Bonchev–Trinajstić information content (AvgIpc) is 2.69. The summed E-state index contributed by atoms with van der Waals surface area (Å²) >= 11 is 0. The van der Waals surface area contributed by atoms with E-state index in [0.29, 0.717) is 0 Å². The molecule has 0 radical (unpaired) electrons. The van der Waals surface area contributed by atoms with Gasteiger partial charge in [-0.3, -0.25) is 0 Å². The van der Waals surface area contributed by atoms with Gasteiger partial charge < -0.3 is 20.8 Å². The first kappa shape index (κ1) is 11.8. The van der Waals surface area contributed by atoms with Crippen LogP contribution in [0.2, 0.25) is 0 Å². The van der Waals surface area contributed by atoms with Gasteiger partial charge in [0.15, 0.2) is 6.04 Å². The minimum absolute atomic E-state index is 0.0886. The zero-order valence-electron chi connectivity index (χ0n) is 8.78. The third kappa shape index (κ3) is 3.09.